The normalized spacial score (nSPS) is 17.1. The molecule has 0 heterocycles. The number of benzene rings is 1. The first kappa shape index (κ1) is 14.2. The lowest BCUT2D eigenvalue weighted by Gasteiger charge is -2.23. The lowest BCUT2D eigenvalue weighted by molar-refractivity contribution is 0.177. The van der Waals surface area contributed by atoms with E-state index in [-0.39, 0.29) is 18.7 Å². The van der Waals surface area contributed by atoms with Gasteiger partial charge in [-0.3, -0.25) is 0 Å². The molecule has 0 aromatic heterocycles. The van der Waals surface area contributed by atoms with E-state index in [0.29, 0.717) is 13.1 Å². The monoisotopic (exact) mass is 282 g/mol. The van der Waals surface area contributed by atoms with E-state index in [1.54, 1.807) is 4.90 Å². The summed E-state index contributed by atoms with van der Waals surface area (Å²) < 4.78 is 0. The van der Waals surface area contributed by atoms with E-state index in [9.17, 15) is 4.79 Å². The highest BCUT2D eigenvalue weighted by Crippen LogP contribution is 2.35. The van der Waals surface area contributed by atoms with Gasteiger partial charge in [0.25, 0.3) is 0 Å². The molecule has 0 fully saturated rings. The standard InChI is InChI=1S/C14H19ClN2O2/c1-2-17(8-9-18)14(19)16-13-7-6-10-11(13)4-3-5-12(10)15/h3-5,13,18H,2,6-9H2,1H3,(H,16,19). The maximum atomic E-state index is 12.1. The van der Waals surface area contributed by atoms with Crippen molar-refractivity contribution in [2.45, 2.75) is 25.8 Å². The molecule has 2 N–H and O–H groups in total. The van der Waals surface area contributed by atoms with Crippen LogP contribution in [0.1, 0.15) is 30.5 Å². The zero-order valence-electron chi connectivity index (χ0n) is 11.0. The average Bonchev–Trinajstić information content (AvgIpc) is 2.80. The molecule has 0 radical (unpaired) electrons. The van der Waals surface area contributed by atoms with Crippen LogP contribution in [-0.2, 0) is 6.42 Å². The van der Waals surface area contributed by atoms with Crippen LogP contribution < -0.4 is 5.32 Å². The molecule has 0 saturated heterocycles. The predicted octanol–water partition coefficient (Wildman–Crippen LogP) is 2.35. The third-order valence-corrected chi connectivity index (χ3v) is 3.90. The number of nitrogens with one attached hydrogen (secondary N) is 1. The van der Waals surface area contributed by atoms with Gasteiger partial charge in [0.2, 0.25) is 0 Å². The molecule has 1 unspecified atom stereocenters. The largest absolute Gasteiger partial charge is 0.395 e. The predicted molar refractivity (Wildman–Crippen MR) is 75.4 cm³/mol. The molecule has 1 aliphatic rings. The van der Waals surface area contributed by atoms with Crippen molar-refractivity contribution in [2.75, 3.05) is 19.7 Å². The van der Waals surface area contributed by atoms with Crippen LogP contribution in [0.3, 0.4) is 0 Å². The van der Waals surface area contributed by atoms with E-state index in [2.05, 4.69) is 5.32 Å². The molecular formula is C14H19ClN2O2. The summed E-state index contributed by atoms with van der Waals surface area (Å²) in [4.78, 5) is 13.7. The number of nitrogens with zero attached hydrogens (tertiary/aromatic N) is 1. The van der Waals surface area contributed by atoms with Gasteiger partial charge in [0.05, 0.1) is 12.6 Å². The highest BCUT2D eigenvalue weighted by Gasteiger charge is 2.26. The minimum absolute atomic E-state index is 0.0195. The summed E-state index contributed by atoms with van der Waals surface area (Å²) >= 11 is 6.15. The quantitative estimate of drug-likeness (QED) is 0.891. The molecular weight excluding hydrogens is 264 g/mol. The number of rotatable bonds is 4. The lowest BCUT2D eigenvalue weighted by atomic mass is 10.1. The average molecular weight is 283 g/mol. The highest BCUT2D eigenvalue weighted by molar-refractivity contribution is 6.31. The van der Waals surface area contributed by atoms with Crippen molar-refractivity contribution in [1.82, 2.24) is 10.2 Å². The molecule has 5 heteroatoms. The molecule has 0 bridgehead atoms. The highest BCUT2D eigenvalue weighted by atomic mass is 35.5. The Morgan fingerprint density at radius 2 is 2.37 bits per heavy atom. The summed E-state index contributed by atoms with van der Waals surface area (Å²) in [7, 11) is 0. The lowest BCUT2D eigenvalue weighted by Crippen LogP contribution is -2.42. The number of amides is 2. The van der Waals surface area contributed by atoms with Gasteiger partial charge in [0, 0.05) is 18.1 Å². The fourth-order valence-corrected chi connectivity index (χ4v) is 2.80. The number of hydrogen-bond acceptors (Lipinski definition) is 2. The maximum absolute atomic E-state index is 12.1. The molecule has 1 aliphatic carbocycles. The van der Waals surface area contributed by atoms with Gasteiger partial charge in [-0.05, 0) is 37.0 Å². The zero-order chi connectivity index (χ0) is 13.8. The van der Waals surface area contributed by atoms with E-state index in [0.717, 1.165) is 29.0 Å². The Balaban J connectivity index is 2.06. The number of fused-ring (bicyclic) bond motifs is 1. The number of likely N-dealkylation sites (N-methyl/N-ethyl adjacent to an activating group) is 1. The van der Waals surface area contributed by atoms with Gasteiger partial charge in [0.15, 0.2) is 0 Å². The smallest absolute Gasteiger partial charge is 0.317 e. The van der Waals surface area contributed by atoms with Crippen LogP contribution in [0.4, 0.5) is 4.79 Å². The van der Waals surface area contributed by atoms with E-state index in [1.165, 1.54) is 0 Å². The van der Waals surface area contributed by atoms with E-state index in [4.69, 9.17) is 16.7 Å². The Hall–Kier alpha value is -1.26. The van der Waals surface area contributed by atoms with Crippen molar-refractivity contribution >= 4 is 17.6 Å². The Labute approximate surface area is 118 Å². The summed E-state index contributed by atoms with van der Waals surface area (Å²) in [5, 5.41) is 12.7. The minimum atomic E-state index is -0.130. The second kappa shape index (κ2) is 6.26. The summed E-state index contributed by atoms with van der Waals surface area (Å²) in [5.74, 6) is 0. The van der Waals surface area contributed by atoms with E-state index in [1.807, 2.05) is 25.1 Å². The first-order chi connectivity index (χ1) is 9.17. The molecule has 4 nitrogen and oxygen atoms in total. The Bertz CT molecular complexity index is 465. The number of aliphatic hydroxyl groups is 1. The van der Waals surface area contributed by atoms with Crippen molar-refractivity contribution in [1.29, 1.82) is 0 Å². The summed E-state index contributed by atoms with van der Waals surface area (Å²) in [6.07, 6.45) is 1.77. The molecule has 2 rings (SSSR count). The van der Waals surface area contributed by atoms with Gasteiger partial charge in [-0.1, -0.05) is 23.7 Å². The van der Waals surface area contributed by atoms with E-state index < -0.39 is 0 Å². The maximum Gasteiger partial charge on any atom is 0.317 e. The van der Waals surface area contributed by atoms with Crippen LogP contribution in [0, 0.1) is 0 Å². The molecule has 19 heavy (non-hydrogen) atoms. The van der Waals surface area contributed by atoms with Crippen molar-refractivity contribution in [3.05, 3.63) is 34.3 Å². The molecule has 0 saturated carbocycles. The van der Waals surface area contributed by atoms with Gasteiger partial charge >= 0.3 is 6.03 Å². The van der Waals surface area contributed by atoms with Gasteiger partial charge < -0.3 is 15.3 Å². The van der Waals surface area contributed by atoms with Crippen molar-refractivity contribution in [3.63, 3.8) is 0 Å². The van der Waals surface area contributed by atoms with Crippen LogP contribution >= 0.6 is 11.6 Å². The Morgan fingerprint density at radius 1 is 1.58 bits per heavy atom. The molecule has 0 spiro atoms. The first-order valence-corrected chi connectivity index (χ1v) is 6.98. The van der Waals surface area contributed by atoms with Gasteiger partial charge in [-0.2, -0.15) is 0 Å². The second-order valence-electron chi connectivity index (χ2n) is 4.65. The van der Waals surface area contributed by atoms with Gasteiger partial charge in [-0.25, -0.2) is 4.79 Å². The molecule has 104 valence electrons. The Morgan fingerprint density at radius 3 is 3.05 bits per heavy atom. The second-order valence-corrected chi connectivity index (χ2v) is 5.06. The molecule has 0 aliphatic heterocycles. The van der Waals surface area contributed by atoms with Crippen LogP contribution in [0.5, 0.6) is 0 Å². The third-order valence-electron chi connectivity index (χ3n) is 3.55. The summed E-state index contributed by atoms with van der Waals surface area (Å²) in [6.45, 7) is 2.82. The number of hydrogen-bond donors (Lipinski definition) is 2. The number of carbonyl (C=O) groups excluding carboxylic acids is 1. The van der Waals surface area contributed by atoms with Crippen LogP contribution in [0.2, 0.25) is 5.02 Å². The van der Waals surface area contributed by atoms with Crippen molar-refractivity contribution in [3.8, 4) is 0 Å². The fraction of sp³-hybridized carbons (Fsp3) is 0.500. The summed E-state index contributed by atoms with van der Waals surface area (Å²) in [6, 6.07) is 5.70. The SMILES string of the molecule is CCN(CCO)C(=O)NC1CCc2c(Cl)cccc21. The molecule has 2 amide bonds. The summed E-state index contributed by atoms with van der Waals surface area (Å²) in [5.41, 5.74) is 2.25. The minimum Gasteiger partial charge on any atom is -0.395 e. The zero-order valence-corrected chi connectivity index (χ0v) is 11.8. The van der Waals surface area contributed by atoms with Crippen molar-refractivity contribution in [2.24, 2.45) is 0 Å². The van der Waals surface area contributed by atoms with Crippen LogP contribution in [0.25, 0.3) is 0 Å². The third kappa shape index (κ3) is 3.01. The van der Waals surface area contributed by atoms with Crippen molar-refractivity contribution < 1.29 is 9.90 Å². The van der Waals surface area contributed by atoms with Crippen LogP contribution in [0.15, 0.2) is 18.2 Å². The van der Waals surface area contributed by atoms with Crippen LogP contribution in [-0.4, -0.2) is 35.7 Å². The number of carbonyl (C=O) groups is 1. The topological polar surface area (TPSA) is 52.6 Å². The molecule has 1 aromatic rings. The van der Waals surface area contributed by atoms with E-state index >= 15 is 0 Å². The molecule has 1 aromatic carbocycles. The number of halogens is 1. The Kier molecular flexibility index (Phi) is 4.66. The fourth-order valence-electron chi connectivity index (χ4n) is 2.52. The number of aliphatic hydroxyl groups excluding tert-OH is 1. The first-order valence-electron chi connectivity index (χ1n) is 6.61. The molecule has 1 atom stereocenters. The number of urea groups is 1. The van der Waals surface area contributed by atoms with Gasteiger partial charge in [0.1, 0.15) is 0 Å². The van der Waals surface area contributed by atoms with Gasteiger partial charge in [-0.15, -0.1) is 0 Å².